The Kier molecular flexibility index (Phi) is 3.94. The number of hydrogen-bond donors (Lipinski definition) is 3. The number of benzene rings is 2. The van der Waals surface area contributed by atoms with Crippen molar-refractivity contribution in [2.45, 2.75) is 18.9 Å². The van der Waals surface area contributed by atoms with Crippen molar-refractivity contribution in [3.8, 4) is 11.5 Å². The van der Waals surface area contributed by atoms with Crippen LogP contribution in [0.1, 0.15) is 55.4 Å². The molecule has 4 N–H and O–H groups in total. The Morgan fingerprint density at radius 3 is 2.33 bits per heavy atom. The SMILES string of the molecule is NC1CCCN(C(=O)c2cc3c(o2)C(=O)c2c(c(O)c4ccccc4c2O)C3=O)C1. The molecule has 30 heavy (non-hydrogen) atoms. The van der Waals surface area contributed by atoms with Crippen LogP contribution in [0.2, 0.25) is 0 Å². The van der Waals surface area contributed by atoms with Crippen molar-refractivity contribution in [2.75, 3.05) is 13.1 Å². The van der Waals surface area contributed by atoms with E-state index in [1.54, 1.807) is 18.2 Å². The fourth-order valence-electron chi connectivity index (χ4n) is 4.28. The average molecular weight is 406 g/mol. The third-order valence-corrected chi connectivity index (χ3v) is 5.75. The molecular weight excluding hydrogens is 388 g/mol. The zero-order valence-electron chi connectivity index (χ0n) is 15.8. The molecule has 1 saturated heterocycles. The van der Waals surface area contributed by atoms with Crippen LogP contribution in [0.15, 0.2) is 34.7 Å². The van der Waals surface area contributed by atoms with Gasteiger partial charge in [-0.15, -0.1) is 0 Å². The molecule has 3 aromatic rings. The number of phenols is 2. The minimum Gasteiger partial charge on any atom is -0.506 e. The molecule has 8 nitrogen and oxygen atoms in total. The number of likely N-dealkylation sites (tertiary alicyclic amines) is 1. The minimum atomic E-state index is -0.757. The minimum absolute atomic E-state index is 0.109. The topological polar surface area (TPSA) is 134 Å². The molecule has 1 amide bonds. The fourth-order valence-corrected chi connectivity index (χ4v) is 4.28. The van der Waals surface area contributed by atoms with Crippen LogP contribution in [0, 0.1) is 0 Å². The first kappa shape index (κ1) is 18.4. The van der Waals surface area contributed by atoms with Gasteiger partial charge in [0.15, 0.2) is 11.5 Å². The Morgan fingerprint density at radius 2 is 1.70 bits per heavy atom. The molecule has 2 aromatic carbocycles. The summed E-state index contributed by atoms with van der Waals surface area (Å²) in [5.74, 6) is -3.16. The van der Waals surface area contributed by atoms with Gasteiger partial charge in [0, 0.05) is 36.0 Å². The lowest BCUT2D eigenvalue weighted by atomic mass is 9.85. The molecule has 0 spiro atoms. The number of carbonyl (C=O) groups is 3. The van der Waals surface area contributed by atoms with Gasteiger partial charge in [-0.25, -0.2) is 0 Å². The van der Waals surface area contributed by atoms with Crippen molar-refractivity contribution in [1.29, 1.82) is 0 Å². The third-order valence-electron chi connectivity index (χ3n) is 5.75. The van der Waals surface area contributed by atoms with Crippen LogP contribution in [0.3, 0.4) is 0 Å². The molecular formula is C22H18N2O6. The van der Waals surface area contributed by atoms with Gasteiger partial charge in [0.1, 0.15) is 11.5 Å². The van der Waals surface area contributed by atoms with E-state index in [2.05, 4.69) is 0 Å². The fraction of sp³-hybridized carbons (Fsp3) is 0.227. The first-order chi connectivity index (χ1) is 14.4. The highest BCUT2D eigenvalue weighted by Gasteiger charge is 2.40. The van der Waals surface area contributed by atoms with E-state index in [0.717, 1.165) is 12.8 Å². The van der Waals surface area contributed by atoms with Crippen molar-refractivity contribution in [1.82, 2.24) is 4.90 Å². The quantitative estimate of drug-likeness (QED) is 0.413. The van der Waals surface area contributed by atoms with Gasteiger partial charge in [-0.05, 0) is 12.8 Å². The molecule has 0 radical (unpaired) electrons. The number of rotatable bonds is 1. The highest BCUT2D eigenvalue weighted by atomic mass is 16.4. The van der Waals surface area contributed by atoms with Gasteiger partial charge in [-0.3, -0.25) is 14.4 Å². The Morgan fingerprint density at radius 1 is 1.07 bits per heavy atom. The normalized spacial score (nSPS) is 18.4. The Hall–Kier alpha value is -3.65. The second kappa shape index (κ2) is 6.43. The van der Waals surface area contributed by atoms with Gasteiger partial charge in [0.25, 0.3) is 5.91 Å². The number of furan rings is 1. The number of carbonyl (C=O) groups excluding carboxylic acids is 3. The Bertz CT molecular complexity index is 1180. The lowest BCUT2D eigenvalue weighted by molar-refractivity contribution is 0.0674. The molecule has 1 aliphatic heterocycles. The smallest absolute Gasteiger partial charge is 0.289 e. The van der Waals surface area contributed by atoms with Gasteiger partial charge < -0.3 is 25.3 Å². The predicted octanol–water partition coefficient (Wildman–Crippen LogP) is 2.18. The largest absolute Gasteiger partial charge is 0.506 e. The number of nitrogens with zero attached hydrogens (tertiary/aromatic N) is 1. The Labute approximate surface area is 170 Å². The van der Waals surface area contributed by atoms with E-state index < -0.39 is 29.0 Å². The van der Waals surface area contributed by atoms with E-state index in [-0.39, 0.29) is 45.0 Å². The lowest BCUT2D eigenvalue weighted by Gasteiger charge is -2.29. The molecule has 5 rings (SSSR count). The standard InChI is InChI=1S/C22H18N2O6/c23-10-4-3-7-24(9-10)22(29)14-8-13-19(27)15-16(20(28)21(13)30-14)18(26)12-6-2-1-5-11(12)17(15)25/h1-2,5-6,8,10,25-26H,3-4,7,9,23H2. The van der Waals surface area contributed by atoms with Crippen molar-refractivity contribution in [3.05, 3.63) is 58.5 Å². The van der Waals surface area contributed by atoms with E-state index in [1.165, 1.54) is 17.0 Å². The summed E-state index contributed by atoms with van der Waals surface area (Å²) in [5.41, 5.74) is 5.21. The molecule has 1 fully saturated rings. The molecule has 8 heteroatoms. The number of phenolic OH excluding ortho intramolecular Hbond substituents is 2. The van der Waals surface area contributed by atoms with Crippen molar-refractivity contribution >= 4 is 28.2 Å². The maximum Gasteiger partial charge on any atom is 0.289 e. The number of hydrogen-bond acceptors (Lipinski definition) is 7. The lowest BCUT2D eigenvalue weighted by Crippen LogP contribution is -2.45. The molecule has 1 aromatic heterocycles. The van der Waals surface area contributed by atoms with Gasteiger partial charge in [-0.2, -0.15) is 0 Å². The molecule has 0 saturated carbocycles. The van der Waals surface area contributed by atoms with Crippen LogP contribution in [0.4, 0.5) is 0 Å². The van der Waals surface area contributed by atoms with Crippen LogP contribution in [-0.4, -0.2) is 51.7 Å². The number of aromatic hydroxyl groups is 2. The van der Waals surface area contributed by atoms with Crippen LogP contribution in [0.25, 0.3) is 10.8 Å². The second-order valence-corrected chi connectivity index (χ2v) is 7.66. The predicted molar refractivity (Wildman–Crippen MR) is 106 cm³/mol. The number of nitrogens with two attached hydrogens (primary N) is 1. The summed E-state index contributed by atoms with van der Waals surface area (Å²) in [7, 11) is 0. The van der Waals surface area contributed by atoms with Gasteiger partial charge >= 0.3 is 0 Å². The van der Waals surface area contributed by atoms with E-state index >= 15 is 0 Å². The highest BCUT2D eigenvalue weighted by Crippen LogP contribution is 2.44. The average Bonchev–Trinajstić information content (AvgIpc) is 3.20. The molecule has 152 valence electrons. The van der Waals surface area contributed by atoms with E-state index in [1.807, 2.05) is 0 Å². The van der Waals surface area contributed by atoms with E-state index in [0.29, 0.717) is 13.1 Å². The highest BCUT2D eigenvalue weighted by molar-refractivity contribution is 6.32. The van der Waals surface area contributed by atoms with Gasteiger partial charge in [0.05, 0.1) is 16.7 Å². The monoisotopic (exact) mass is 406 g/mol. The summed E-state index contributed by atoms with van der Waals surface area (Å²) < 4.78 is 5.51. The number of amides is 1. The maximum atomic E-state index is 13.1. The second-order valence-electron chi connectivity index (χ2n) is 7.66. The van der Waals surface area contributed by atoms with Gasteiger partial charge in [0.2, 0.25) is 11.6 Å². The van der Waals surface area contributed by atoms with Crippen LogP contribution >= 0.6 is 0 Å². The molecule has 0 bridgehead atoms. The number of ketones is 2. The van der Waals surface area contributed by atoms with Crippen LogP contribution in [0.5, 0.6) is 11.5 Å². The summed E-state index contributed by atoms with van der Waals surface area (Å²) in [6.07, 6.45) is 1.57. The molecule has 1 atom stereocenters. The molecule has 2 aliphatic rings. The van der Waals surface area contributed by atoms with Crippen molar-refractivity contribution in [3.63, 3.8) is 0 Å². The molecule has 1 unspecified atom stereocenters. The zero-order chi connectivity index (χ0) is 21.2. The third kappa shape index (κ3) is 2.47. The number of fused-ring (bicyclic) bond motifs is 3. The van der Waals surface area contributed by atoms with E-state index in [4.69, 9.17) is 10.2 Å². The first-order valence-corrected chi connectivity index (χ1v) is 9.63. The Balaban J connectivity index is 1.64. The number of piperidine rings is 1. The van der Waals surface area contributed by atoms with Crippen molar-refractivity contribution in [2.24, 2.45) is 5.73 Å². The summed E-state index contributed by atoms with van der Waals surface area (Å²) >= 11 is 0. The maximum absolute atomic E-state index is 13.1. The van der Waals surface area contributed by atoms with Crippen LogP contribution < -0.4 is 5.73 Å². The van der Waals surface area contributed by atoms with Crippen LogP contribution in [-0.2, 0) is 0 Å². The van der Waals surface area contributed by atoms with Gasteiger partial charge in [-0.1, -0.05) is 24.3 Å². The summed E-state index contributed by atoms with van der Waals surface area (Å²) in [6.45, 7) is 0.867. The summed E-state index contributed by atoms with van der Waals surface area (Å²) in [4.78, 5) is 40.5. The molecule has 2 heterocycles. The van der Waals surface area contributed by atoms with Crippen molar-refractivity contribution < 1.29 is 29.0 Å². The first-order valence-electron chi connectivity index (χ1n) is 9.63. The van der Waals surface area contributed by atoms with E-state index in [9.17, 15) is 24.6 Å². The zero-order valence-corrected chi connectivity index (χ0v) is 15.8. The molecule has 1 aliphatic carbocycles. The summed E-state index contributed by atoms with van der Waals surface area (Å²) in [6, 6.07) is 7.46. The summed E-state index contributed by atoms with van der Waals surface area (Å²) in [5, 5.41) is 21.8.